The summed E-state index contributed by atoms with van der Waals surface area (Å²) in [5.74, 6) is -1.05. The fraction of sp³-hybridized carbons (Fsp3) is 0.462. The fourth-order valence-electron chi connectivity index (χ4n) is 2.23. The molecular weight excluding hydrogens is 296 g/mol. The molecule has 1 aliphatic rings. The number of benzene rings is 1. The van der Waals surface area contributed by atoms with Gasteiger partial charge >= 0.3 is 5.97 Å². The van der Waals surface area contributed by atoms with E-state index in [1.54, 1.807) is 30.0 Å². The van der Waals surface area contributed by atoms with Crippen LogP contribution in [-0.2, 0) is 19.6 Å². The number of anilines is 1. The summed E-state index contributed by atoms with van der Waals surface area (Å²) in [4.78, 5) is 12.9. The molecule has 2 rings (SSSR count). The van der Waals surface area contributed by atoms with Crippen LogP contribution in [-0.4, -0.2) is 51.8 Å². The van der Waals surface area contributed by atoms with Crippen molar-refractivity contribution in [2.75, 3.05) is 31.1 Å². The Morgan fingerprint density at radius 3 is 2.86 bits per heavy atom. The number of aliphatic carboxylic acids is 1. The van der Waals surface area contributed by atoms with Crippen molar-refractivity contribution in [3.8, 4) is 0 Å². The Bertz CT molecular complexity index is 617. The third-order valence-corrected chi connectivity index (χ3v) is 4.76. The molecule has 0 amide bonds. The fourth-order valence-corrected chi connectivity index (χ4v) is 3.50. The molecule has 0 saturated carbocycles. The highest BCUT2D eigenvalue weighted by Crippen LogP contribution is 2.26. The van der Waals surface area contributed by atoms with Crippen LogP contribution in [0.1, 0.15) is 6.92 Å². The first kappa shape index (κ1) is 15.7. The summed E-state index contributed by atoms with van der Waals surface area (Å²) in [6.45, 7) is 2.80. The predicted octanol–water partition coefficient (Wildman–Crippen LogP) is 0.275. The van der Waals surface area contributed by atoms with E-state index >= 15 is 0 Å². The van der Waals surface area contributed by atoms with Gasteiger partial charge in [0.05, 0.1) is 18.8 Å². The monoisotopic (exact) mass is 314 g/mol. The second-order valence-electron chi connectivity index (χ2n) is 4.61. The Morgan fingerprint density at radius 1 is 1.48 bits per heavy atom. The quantitative estimate of drug-likeness (QED) is 0.810. The molecule has 0 aliphatic carbocycles. The van der Waals surface area contributed by atoms with Gasteiger partial charge < -0.3 is 14.7 Å². The zero-order valence-electron chi connectivity index (χ0n) is 11.7. The molecule has 0 spiro atoms. The number of carboxylic acids is 1. The number of hydrogen-bond donors (Lipinski definition) is 2. The van der Waals surface area contributed by atoms with Crippen LogP contribution < -0.4 is 9.62 Å². The van der Waals surface area contributed by atoms with Gasteiger partial charge in [0.2, 0.25) is 10.0 Å². The van der Waals surface area contributed by atoms with E-state index in [4.69, 9.17) is 9.84 Å². The van der Waals surface area contributed by atoms with Crippen molar-refractivity contribution in [3.63, 3.8) is 0 Å². The van der Waals surface area contributed by atoms with Gasteiger partial charge in [-0.05, 0) is 12.1 Å². The van der Waals surface area contributed by atoms with E-state index in [1.165, 1.54) is 6.07 Å². The van der Waals surface area contributed by atoms with Crippen LogP contribution >= 0.6 is 0 Å². The summed E-state index contributed by atoms with van der Waals surface area (Å²) in [7, 11) is -3.61. The number of carboxylic acid groups (broad SMARTS) is 1. The first-order chi connectivity index (χ1) is 9.95. The molecular formula is C13H18N2O5S. The molecule has 2 N–H and O–H groups in total. The minimum atomic E-state index is -3.61. The van der Waals surface area contributed by atoms with Crippen LogP contribution in [0.5, 0.6) is 0 Å². The van der Waals surface area contributed by atoms with Crippen LogP contribution in [0.15, 0.2) is 29.2 Å². The summed E-state index contributed by atoms with van der Waals surface area (Å²) < 4.78 is 32.1. The van der Waals surface area contributed by atoms with Crippen LogP contribution in [0.25, 0.3) is 0 Å². The number of rotatable bonds is 5. The van der Waals surface area contributed by atoms with Gasteiger partial charge in [-0.1, -0.05) is 19.1 Å². The molecule has 1 aromatic rings. The SMILES string of the molecule is CCNS(=O)(=O)c1ccccc1N1CCOC(C(=O)O)C1. The lowest BCUT2D eigenvalue weighted by Crippen LogP contribution is -2.46. The van der Waals surface area contributed by atoms with Gasteiger partial charge in [-0.2, -0.15) is 0 Å². The number of ether oxygens (including phenoxy) is 1. The Kier molecular flexibility index (Phi) is 4.81. The van der Waals surface area contributed by atoms with E-state index in [0.29, 0.717) is 12.2 Å². The number of nitrogens with one attached hydrogen (secondary N) is 1. The first-order valence-corrected chi connectivity index (χ1v) is 8.12. The lowest BCUT2D eigenvalue weighted by atomic mass is 10.2. The topological polar surface area (TPSA) is 95.9 Å². The standard InChI is InChI=1S/C13H18N2O5S/c1-2-14-21(18,19)12-6-4-3-5-10(12)15-7-8-20-11(9-15)13(16)17/h3-6,11,14H,2,7-9H2,1H3,(H,16,17). The number of hydrogen-bond acceptors (Lipinski definition) is 5. The third kappa shape index (κ3) is 3.52. The molecule has 7 nitrogen and oxygen atoms in total. The van der Waals surface area contributed by atoms with E-state index in [2.05, 4.69) is 4.72 Å². The van der Waals surface area contributed by atoms with Crippen molar-refractivity contribution in [1.29, 1.82) is 0 Å². The highest BCUT2D eigenvalue weighted by molar-refractivity contribution is 7.89. The third-order valence-electron chi connectivity index (χ3n) is 3.17. The van der Waals surface area contributed by atoms with Crippen LogP contribution in [0.3, 0.4) is 0 Å². The second-order valence-corrected chi connectivity index (χ2v) is 6.35. The largest absolute Gasteiger partial charge is 0.479 e. The highest BCUT2D eigenvalue weighted by atomic mass is 32.2. The first-order valence-electron chi connectivity index (χ1n) is 6.63. The van der Waals surface area contributed by atoms with E-state index < -0.39 is 22.1 Å². The minimum Gasteiger partial charge on any atom is -0.479 e. The van der Waals surface area contributed by atoms with Crippen LogP contribution in [0.2, 0.25) is 0 Å². The van der Waals surface area contributed by atoms with Gasteiger partial charge in [0.25, 0.3) is 0 Å². The highest BCUT2D eigenvalue weighted by Gasteiger charge is 2.29. The summed E-state index contributed by atoms with van der Waals surface area (Å²) in [6.07, 6.45) is -0.950. The van der Waals surface area contributed by atoms with Crippen molar-refractivity contribution >= 4 is 21.7 Å². The van der Waals surface area contributed by atoms with Crippen LogP contribution in [0.4, 0.5) is 5.69 Å². The molecule has 8 heteroatoms. The molecule has 116 valence electrons. The molecule has 1 atom stereocenters. The average molecular weight is 314 g/mol. The molecule has 1 unspecified atom stereocenters. The molecule has 1 saturated heterocycles. The smallest absolute Gasteiger partial charge is 0.334 e. The Balaban J connectivity index is 2.34. The summed E-state index contributed by atoms with van der Waals surface area (Å²) >= 11 is 0. The number of nitrogens with zero attached hydrogens (tertiary/aromatic N) is 1. The normalized spacial score (nSPS) is 19.5. The summed E-state index contributed by atoms with van der Waals surface area (Å²) in [5, 5.41) is 9.03. The number of morpholine rings is 1. The Hall–Kier alpha value is -1.64. The molecule has 1 aliphatic heterocycles. The lowest BCUT2D eigenvalue weighted by Gasteiger charge is -2.33. The van der Waals surface area contributed by atoms with Crippen molar-refractivity contribution in [3.05, 3.63) is 24.3 Å². The maximum atomic E-state index is 12.2. The second kappa shape index (κ2) is 6.42. The molecule has 0 aromatic heterocycles. The summed E-state index contributed by atoms with van der Waals surface area (Å²) in [6, 6.07) is 6.56. The zero-order chi connectivity index (χ0) is 15.5. The van der Waals surface area contributed by atoms with Gasteiger partial charge in [-0.25, -0.2) is 17.9 Å². The Labute approximate surface area is 123 Å². The minimum absolute atomic E-state index is 0.119. The summed E-state index contributed by atoms with van der Waals surface area (Å²) in [5.41, 5.74) is 0.494. The predicted molar refractivity (Wildman–Crippen MR) is 76.9 cm³/mol. The molecule has 1 aromatic carbocycles. The number of sulfonamides is 1. The average Bonchev–Trinajstić information content (AvgIpc) is 2.47. The molecule has 1 fully saturated rings. The molecule has 1 heterocycles. The maximum Gasteiger partial charge on any atom is 0.334 e. The van der Waals surface area contributed by atoms with Gasteiger partial charge in [0, 0.05) is 13.1 Å². The van der Waals surface area contributed by atoms with Gasteiger partial charge in [-0.15, -0.1) is 0 Å². The van der Waals surface area contributed by atoms with Crippen molar-refractivity contribution in [1.82, 2.24) is 4.72 Å². The van der Waals surface area contributed by atoms with Crippen molar-refractivity contribution in [2.24, 2.45) is 0 Å². The molecule has 0 bridgehead atoms. The molecule has 0 radical (unpaired) electrons. The maximum absolute atomic E-state index is 12.2. The van der Waals surface area contributed by atoms with Gasteiger partial charge in [-0.3, -0.25) is 0 Å². The van der Waals surface area contributed by atoms with E-state index in [9.17, 15) is 13.2 Å². The van der Waals surface area contributed by atoms with Gasteiger partial charge in [0.15, 0.2) is 6.10 Å². The molecule has 21 heavy (non-hydrogen) atoms. The lowest BCUT2D eigenvalue weighted by molar-refractivity contribution is -0.150. The number of carbonyl (C=O) groups is 1. The number of para-hydroxylation sites is 1. The van der Waals surface area contributed by atoms with E-state index in [-0.39, 0.29) is 24.6 Å². The Morgan fingerprint density at radius 2 is 2.19 bits per heavy atom. The van der Waals surface area contributed by atoms with Crippen molar-refractivity contribution < 1.29 is 23.1 Å². The van der Waals surface area contributed by atoms with Crippen molar-refractivity contribution in [2.45, 2.75) is 17.9 Å². The van der Waals surface area contributed by atoms with E-state index in [0.717, 1.165) is 0 Å². The van der Waals surface area contributed by atoms with Gasteiger partial charge in [0.1, 0.15) is 4.90 Å². The zero-order valence-corrected chi connectivity index (χ0v) is 12.5. The van der Waals surface area contributed by atoms with E-state index in [1.807, 2.05) is 0 Å². The van der Waals surface area contributed by atoms with Crippen LogP contribution in [0, 0.1) is 0 Å².